The molecule has 0 spiro atoms. The monoisotopic (exact) mass is 231 g/mol. The second-order valence-corrected chi connectivity index (χ2v) is 4.62. The van der Waals surface area contributed by atoms with Gasteiger partial charge in [-0.3, -0.25) is 9.59 Å². The van der Waals surface area contributed by atoms with Crippen molar-refractivity contribution in [3.05, 3.63) is 23.3 Å². The van der Waals surface area contributed by atoms with E-state index in [-0.39, 0.29) is 11.8 Å². The van der Waals surface area contributed by atoms with Crippen LogP contribution in [0.4, 0.5) is 5.69 Å². The zero-order valence-corrected chi connectivity index (χ0v) is 9.77. The van der Waals surface area contributed by atoms with Gasteiger partial charge in [0.1, 0.15) is 5.75 Å². The molecule has 1 aromatic rings. The van der Waals surface area contributed by atoms with Crippen LogP contribution in [-0.2, 0) is 4.79 Å². The molecule has 1 heterocycles. The van der Waals surface area contributed by atoms with Crippen LogP contribution in [0.15, 0.2) is 12.1 Å². The lowest BCUT2D eigenvalue weighted by Gasteiger charge is -2.26. The minimum atomic E-state index is 0.138. The Labute approximate surface area is 99.2 Å². The molecule has 2 aliphatic rings. The molecule has 0 aromatic heterocycles. The van der Waals surface area contributed by atoms with E-state index in [1.54, 1.807) is 25.1 Å². The summed E-state index contributed by atoms with van der Waals surface area (Å²) in [5.74, 6) is 1.21. The maximum atomic E-state index is 11.9. The van der Waals surface area contributed by atoms with Gasteiger partial charge in [-0.2, -0.15) is 0 Å². The van der Waals surface area contributed by atoms with Gasteiger partial charge >= 0.3 is 0 Å². The van der Waals surface area contributed by atoms with Crippen molar-refractivity contribution in [2.75, 3.05) is 19.1 Å². The summed E-state index contributed by atoms with van der Waals surface area (Å²) in [7, 11) is 3.31. The number of nitrogens with zero attached hydrogens (tertiary/aromatic N) is 1. The number of benzene rings is 1. The van der Waals surface area contributed by atoms with E-state index in [0.717, 1.165) is 24.0 Å². The number of methoxy groups -OCH3 is 1. The number of aldehydes is 1. The van der Waals surface area contributed by atoms with Crippen LogP contribution >= 0.6 is 0 Å². The van der Waals surface area contributed by atoms with Crippen LogP contribution in [0, 0.1) is 5.92 Å². The fraction of sp³-hybridized carbons (Fsp3) is 0.385. The maximum Gasteiger partial charge on any atom is 0.230 e. The van der Waals surface area contributed by atoms with Crippen LogP contribution in [0.5, 0.6) is 5.75 Å². The molecular formula is C13H13NO3. The standard InChI is InChI=1S/C13H13NO3/c1-14-11-3-7(6-15)12(17-2)5-9(11)8-4-10(8)13(14)16/h3,5-6,8,10H,4H2,1-2H3. The van der Waals surface area contributed by atoms with Crippen molar-refractivity contribution in [3.63, 3.8) is 0 Å². The number of rotatable bonds is 2. The molecule has 0 saturated heterocycles. The molecule has 1 aromatic carbocycles. The molecular weight excluding hydrogens is 218 g/mol. The van der Waals surface area contributed by atoms with Gasteiger partial charge in [-0.25, -0.2) is 0 Å². The number of carbonyl (C=O) groups is 2. The van der Waals surface area contributed by atoms with Gasteiger partial charge in [-0.1, -0.05) is 0 Å². The number of carbonyl (C=O) groups excluding carboxylic acids is 2. The highest BCUT2D eigenvalue weighted by Gasteiger charge is 2.50. The fourth-order valence-corrected chi connectivity index (χ4v) is 2.64. The molecule has 4 nitrogen and oxygen atoms in total. The van der Waals surface area contributed by atoms with Gasteiger partial charge in [0.2, 0.25) is 5.91 Å². The molecule has 1 fully saturated rings. The van der Waals surface area contributed by atoms with Crippen molar-refractivity contribution in [1.82, 2.24) is 0 Å². The molecule has 2 atom stereocenters. The topological polar surface area (TPSA) is 46.6 Å². The highest BCUT2D eigenvalue weighted by molar-refractivity contribution is 6.02. The molecule has 1 amide bonds. The number of fused-ring (bicyclic) bond motifs is 3. The largest absolute Gasteiger partial charge is 0.496 e. The van der Waals surface area contributed by atoms with Crippen LogP contribution in [0.25, 0.3) is 0 Å². The van der Waals surface area contributed by atoms with Crippen molar-refractivity contribution in [1.29, 1.82) is 0 Å². The summed E-state index contributed by atoms with van der Waals surface area (Å²) in [4.78, 5) is 24.5. The summed E-state index contributed by atoms with van der Waals surface area (Å²) in [6, 6.07) is 3.64. The molecule has 0 bridgehead atoms. The van der Waals surface area contributed by atoms with Crippen LogP contribution in [0.1, 0.15) is 28.3 Å². The van der Waals surface area contributed by atoms with Crippen molar-refractivity contribution >= 4 is 17.9 Å². The van der Waals surface area contributed by atoms with E-state index in [0.29, 0.717) is 17.2 Å². The van der Waals surface area contributed by atoms with E-state index in [2.05, 4.69) is 0 Å². The molecule has 88 valence electrons. The van der Waals surface area contributed by atoms with Crippen molar-refractivity contribution < 1.29 is 14.3 Å². The lowest BCUT2D eigenvalue weighted by Crippen LogP contribution is -2.32. The minimum absolute atomic E-state index is 0.138. The van der Waals surface area contributed by atoms with Gasteiger partial charge in [0.25, 0.3) is 0 Å². The quantitative estimate of drug-likeness (QED) is 0.726. The van der Waals surface area contributed by atoms with Gasteiger partial charge in [0.05, 0.1) is 12.7 Å². The Kier molecular flexibility index (Phi) is 2.02. The number of hydrogen-bond acceptors (Lipinski definition) is 3. The SMILES string of the molecule is COc1cc2c(cc1C=O)N(C)C(=O)C1CC21. The first kappa shape index (κ1) is 10.3. The van der Waals surface area contributed by atoms with Gasteiger partial charge < -0.3 is 9.64 Å². The first-order chi connectivity index (χ1) is 8.17. The Morgan fingerprint density at radius 2 is 2.18 bits per heavy atom. The average molecular weight is 231 g/mol. The number of ether oxygens (including phenoxy) is 1. The molecule has 0 radical (unpaired) electrons. The third-order valence-electron chi connectivity index (χ3n) is 3.71. The molecule has 2 unspecified atom stereocenters. The lowest BCUT2D eigenvalue weighted by molar-refractivity contribution is -0.119. The second kappa shape index (κ2) is 3.32. The molecule has 17 heavy (non-hydrogen) atoms. The minimum Gasteiger partial charge on any atom is -0.496 e. The molecule has 1 aliphatic heterocycles. The predicted octanol–water partition coefficient (Wildman–Crippen LogP) is 1.59. The summed E-state index contributed by atoms with van der Waals surface area (Å²) in [5, 5.41) is 0. The zero-order chi connectivity index (χ0) is 12.2. The van der Waals surface area contributed by atoms with Gasteiger partial charge in [0, 0.05) is 18.7 Å². The fourth-order valence-electron chi connectivity index (χ4n) is 2.64. The van der Waals surface area contributed by atoms with E-state index in [1.807, 2.05) is 6.07 Å². The third kappa shape index (κ3) is 1.30. The van der Waals surface area contributed by atoms with Crippen molar-refractivity contribution in [3.8, 4) is 5.75 Å². The third-order valence-corrected chi connectivity index (χ3v) is 3.71. The first-order valence-corrected chi connectivity index (χ1v) is 5.62. The van der Waals surface area contributed by atoms with Gasteiger partial charge in [-0.05, 0) is 30.0 Å². The molecule has 1 aliphatic carbocycles. The van der Waals surface area contributed by atoms with Crippen LogP contribution in [-0.4, -0.2) is 26.4 Å². The Morgan fingerprint density at radius 1 is 1.41 bits per heavy atom. The maximum absolute atomic E-state index is 11.9. The highest BCUT2D eigenvalue weighted by atomic mass is 16.5. The van der Waals surface area contributed by atoms with Gasteiger partial charge in [0.15, 0.2) is 6.29 Å². The summed E-state index contributed by atoms with van der Waals surface area (Å²) in [5.41, 5.74) is 2.46. The molecule has 1 saturated carbocycles. The zero-order valence-electron chi connectivity index (χ0n) is 9.77. The van der Waals surface area contributed by atoms with E-state index in [4.69, 9.17) is 4.74 Å². The molecule has 0 N–H and O–H groups in total. The van der Waals surface area contributed by atoms with E-state index >= 15 is 0 Å². The smallest absolute Gasteiger partial charge is 0.230 e. The average Bonchev–Trinajstić information content (AvgIpc) is 3.14. The lowest BCUT2D eigenvalue weighted by atomic mass is 9.98. The Bertz CT molecular complexity index is 524. The molecule has 4 heteroatoms. The number of amides is 1. The van der Waals surface area contributed by atoms with Crippen molar-refractivity contribution in [2.24, 2.45) is 5.92 Å². The van der Waals surface area contributed by atoms with E-state index in [1.165, 1.54) is 0 Å². The summed E-state index contributed by atoms with van der Waals surface area (Å²) in [6.07, 6.45) is 1.68. The van der Waals surface area contributed by atoms with Crippen LogP contribution < -0.4 is 9.64 Å². The van der Waals surface area contributed by atoms with E-state index < -0.39 is 0 Å². The summed E-state index contributed by atoms with van der Waals surface area (Å²) < 4.78 is 5.20. The summed E-state index contributed by atoms with van der Waals surface area (Å²) in [6.45, 7) is 0. The van der Waals surface area contributed by atoms with E-state index in [9.17, 15) is 9.59 Å². The van der Waals surface area contributed by atoms with Crippen molar-refractivity contribution in [2.45, 2.75) is 12.3 Å². The van der Waals surface area contributed by atoms with Crippen LogP contribution in [0.2, 0.25) is 0 Å². The normalized spacial score (nSPS) is 25.1. The molecule has 3 rings (SSSR count). The Hall–Kier alpha value is -1.84. The number of anilines is 1. The first-order valence-electron chi connectivity index (χ1n) is 5.62. The summed E-state index contributed by atoms with van der Waals surface area (Å²) >= 11 is 0. The highest BCUT2D eigenvalue weighted by Crippen LogP contribution is 2.55. The predicted molar refractivity (Wildman–Crippen MR) is 62.6 cm³/mol. The van der Waals surface area contributed by atoms with Gasteiger partial charge in [-0.15, -0.1) is 0 Å². The Balaban J connectivity index is 2.18. The number of hydrogen-bond donors (Lipinski definition) is 0. The second-order valence-electron chi connectivity index (χ2n) is 4.62. The van der Waals surface area contributed by atoms with Crippen LogP contribution in [0.3, 0.4) is 0 Å². The Morgan fingerprint density at radius 3 is 2.82 bits per heavy atom.